The zero-order valence-electron chi connectivity index (χ0n) is 15.0. The normalized spacial score (nSPS) is 14.6. The van der Waals surface area contributed by atoms with Crippen LogP contribution in [0, 0.1) is 0 Å². The molecular formula is C19H20Cl2N4S2. The molecule has 2 N–H and O–H groups in total. The van der Waals surface area contributed by atoms with Gasteiger partial charge in [0.2, 0.25) is 0 Å². The van der Waals surface area contributed by atoms with Gasteiger partial charge in [-0.3, -0.25) is 4.90 Å². The quantitative estimate of drug-likeness (QED) is 0.412. The lowest BCUT2D eigenvalue weighted by Crippen LogP contribution is -2.30. The molecule has 0 aliphatic carbocycles. The Morgan fingerprint density at radius 3 is 2.89 bits per heavy atom. The number of rotatable bonds is 5. The predicted octanol–water partition coefficient (Wildman–Crippen LogP) is 5.64. The van der Waals surface area contributed by atoms with Crippen LogP contribution in [0.4, 0.5) is 5.82 Å². The van der Waals surface area contributed by atoms with Gasteiger partial charge >= 0.3 is 0 Å². The van der Waals surface area contributed by atoms with Crippen LogP contribution in [0.1, 0.15) is 29.3 Å². The summed E-state index contributed by atoms with van der Waals surface area (Å²) in [4.78, 5) is 14.2. The highest BCUT2D eigenvalue weighted by molar-refractivity contribution is 7.98. The van der Waals surface area contributed by atoms with E-state index in [0.717, 1.165) is 47.6 Å². The molecule has 1 aliphatic rings. The Balaban J connectivity index is 1.57. The summed E-state index contributed by atoms with van der Waals surface area (Å²) in [7, 11) is 0. The molecule has 0 unspecified atom stereocenters. The predicted molar refractivity (Wildman–Crippen MR) is 117 cm³/mol. The summed E-state index contributed by atoms with van der Waals surface area (Å²) < 4.78 is 0. The smallest absolute Gasteiger partial charge is 0.191 e. The van der Waals surface area contributed by atoms with E-state index in [9.17, 15) is 0 Å². The second-order valence-corrected chi connectivity index (χ2v) is 9.48. The number of hydrogen-bond acceptors (Lipinski definition) is 6. The number of benzene rings is 1. The lowest BCUT2D eigenvalue weighted by atomic mass is 10.1. The highest BCUT2D eigenvalue weighted by atomic mass is 35.5. The van der Waals surface area contributed by atoms with Crippen molar-refractivity contribution in [2.75, 3.05) is 18.8 Å². The van der Waals surface area contributed by atoms with Crippen LogP contribution < -0.4 is 5.73 Å². The molecule has 0 amide bonds. The first kappa shape index (κ1) is 19.3. The summed E-state index contributed by atoms with van der Waals surface area (Å²) in [5.41, 5.74) is 8.75. The maximum atomic E-state index is 6.32. The number of aromatic nitrogens is 2. The molecule has 8 heteroatoms. The molecular weight excluding hydrogens is 419 g/mol. The van der Waals surface area contributed by atoms with E-state index in [2.05, 4.69) is 16.8 Å². The third kappa shape index (κ3) is 4.05. The van der Waals surface area contributed by atoms with Crippen molar-refractivity contribution in [3.63, 3.8) is 0 Å². The number of thioether (sulfide) groups is 1. The van der Waals surface area contributed by atoms with Gasteiger partial charge in [0, 0.05) is 23.7 Å². The Labute approximate surface area is 177 Å². The molecule has 4 rings (SSSR count). The molecule has 4 nitrogen and oxygen atoms in total. The maximum absolute atomic E-state index is 6.32. The highest BCUT2D eigenvalue weighted by Gasteiger charge is 2.23. The fourth-order valence-electron chi connectivity index (χ4n) is 3.40. The van der Waals surface area contributed by atoms with E-state index in [0.29, 0.717) is 21.0 Å². The topological polar surface area (TPSA) is 55.0 Å². The standard InChI is InChI=1S/C19H20Cl2N4S2/c1-2-6-25-7-5-12-15(9-25)27-18-16(12)17(22)23-19(24-18)26-10-11-3-4-13(20)14(21)8-11/h3-4,8H,2,5-7,9-10H2,1H3,(H2,22,23,24). The Morgan fingerprint density at radius 1 is 1.26 bits per heavy atom. The summed E-state index contributed by atoms with van der Waals surface area (Å²) in [6.45, 7) is 5.44. The zero-order valence-corrected chi connectivity index (χ0v) is 18.1. The van der Waals surface area contributed by atoms with Crippen LogP contribution in [-0.4, -0.2) is 28.0 Å². The molecule has 1 aliphatic heterocycles. The molecule has 0 saturated heterocycles. The molecule has 3 aromatic rings. The van der Waals surface area contributed by atoms with Gasteiger partial charge in [-0.2, -0.15) is 0 Å². The van der Waals surface area contributed by atoms with Crippen LogP contribution in [0.2, 0.25) is 10.0 Å². The van der Waals surface area contributed by atoms with Crippen LogP contribution >= 0.6 is 46.3 Å². The minimum Gasteiger partial charge on any atom is -0.383 e. The Hall–Kier alpha value is -1.05. The average molecular weight is 439 g/mol. The summed E-state index contributed by atoms with van der Waals surface area (Å²) in [6.07, 6.45) is 2.20. The second kappa shape index (κ2) is 8.13. The van der Waals surface area contributed by atoms with Gasteiger partial charge in [-0.25, -0.2) is 9.97 Å². The van der Waals surface area contributed by atoms with Crippen molar-refractivity contribution in [1.29, 1.82) is 0 Å². The third-order valence-electron chi connectivity index (χ3n) is 4.68. The molecule has 0 radical (unpaired) electrons. The SMILES string of the molecule is CCCN1CCc2c(sc3nc(SCc4ccc(Cl)c(Cl)c4)nc(N)c23)C1. The van der Waals surface area contributed by atoms with Crippen LogP contribution in [0.3, 0.4) is 0 Å². The molecule has 0 saturated carbocycles. The fourth-order valence-corrected chi connectivity index (χ4v) is 5.85. The van der Waals surface area contributed by atoms with Gasteiger partial charge < -0.3 is 5.73 Å². The average Bonchev–Trinajstić information content (AvgIpc) is 3.01. The van der Waals surface area contributed by atoms with E-state index < -0.39 is 0 Å². The van der Waals surface area contributed by atoms with Crippen LogP contribution in [0.5, 0.6) is 0 Å². The summed E-state index contributed by atoms with van der Waals surface area (Å²) >= 11 is 15.4. The Kier molecular flexibility index (Phi) is 5.81. The van der Waals surface area contributed by atoms with Crippen molar-refractivity contribution in [1.82, 2.24) is 14.9 Å². The summed E-state index contributed by atoms with van der Waals surface area (Å²) in [5.74, 6) is 1.31. The largest absolute Gasteiger partial charge is 0.383 e. The molecule has 3 heterocycles. The van der Waals surface area contributed by atoms with Gasteiger partial charge in [-0.1, -0.05) is 48.0 Å². The summed E-state index contributed by atoms with van der Waals surface area (Å²) in [6, 6.07) is 5.66. The molecule has 0 bridgehead atoms. The molecule has 0 fully saturated rings. The number of nitrogens with two attached hydrogens (primary N) is 1. The number of nitrogens with zero attached hydrogens (tertiary/aromatic N) is 3. The lowest BCUT2D eigenvalue weighted by molar-refractivity contribution is 0.258. The monoisotopic (exact) mass is 438 g/mol. The summed E-state index contributed by atoms with van der Waals surface area (Å²) in [5, 5.41) is 2.89. The molecule has 2 aromatic heterocycles. The number of thiophene rings is 1. The van der Waals surface area contributed by atoms with E-state index in [1.807, 2.05) is 18.2 Å². The Morgan fingerprint density at radius 2 is 2.11 bits per heavy atom. The lowest BCUT2D eigenvalue weighted by Gasteiger charge is -2.26. The number of hydrogen-bond donors (Lipinski definition) is 1. The minimum atomic E-state index is 0.563. The van der Waals surface area contributed by atoms with Crippen LogP contribution in [-0.2, 0) is 18.7 Å². The van der Waals surface area contributed by atoms with E-state index in [1.54, 1.807) is 23.1 Å². The van der Waals surface area contributed by atoms with Crippen molar-refractivity contribution in [2.45, 2.75) is 37.2 Å². The molecule has 1 aromatic carbocycles. The van der Waals surface area contributed by atoms with Crippen LogP contribution in [0.15, 0.2) is 23.4 Å². The van der Waals surface area contributed by atoms with Crippen molar-refractivity contribution in [2.24, 2.45) is 0 Å². The minimum absolute atomic E-state index is 0.563. The van der Waals surface area contributed by atoms with Crippen molar-refractivity contribution >= 4 is 62.3 Å². The highest BCUT2D eigenvalue weighted by Crippen LogP contribution is 2.38. The maximum Gasteiger partial charge on any atom is 0.191 e. The first-order valence-corrected chi connectivity index (χ1v) is 11.5. The molecule has 0 spiro atoms. The van der Waals surface area contributed by atoms with Gasteiger partial charge in [0.25, 0.3) is 0 Å². The zero-order chi connectivity index (χ0) is 19.0. The van der Waals surface area contributed by atoms with Crippen molar-refractivity contribution in [3.8, 4) is 0 Å². The number of nitrogen functional groups attached to an aromatic ring is 1. The van der Waals surface area contributed by atoms with Crippen LogP contribution in [0.25, 0.3) is 10.2 Å². The van der Waals surface area contributed by atoms with Gasteiger partial charge in [-0.15, -0.1) is 11.3 Å². The molecule has 0 atom stereocenters. The third-order valence-corrected chi connectivity index (χ3v) is 7.45. The molecule has 27 heavy (non-hydrogen) atoms. The van der Waals surface area contributed by atoms with E-state index in [-0.39, 0.29) is 0 Å². The number of halogens is 2. The second-order valence-electron chi connectivity index (χ2n) is 6.64. The van der Waals surface area contributed by atoms with Crippen molar-refractivity contribution < 1.29 is 0 Å². The van der Waals surface area contributed by atoms with Gasteiger partial charge in [-0.05, 0) is 42.6 Å². The van der Waals surface area contributed by atoms with E-state index in [4.69, 9.17) is 33.9 Å². The van der Waals surface area contributed by atoms with E-state index in [1.165, 1.54) is 16.9 Å². The molecule has 142 valence electrons. The van der Waals surface area contributed by atoms with Gasteiger partial charge in [0.1, 0.15) is 10.6 Å². The fraction of sp³-hybridized carbons (Fsp3) is 0.368. The first-order valence-electron chi connectivity index (χ1n) is 8.92. The van der Waals surface area contributed by atoms with Gasteiger partial charge in [0.05, 0.1) is 15.4 Å². The van der Waals surface area contributed by atoms with Crippen molar-refractivity contribution in [3.05, 3.63) is 44.2 Å². The van der Waals surface area contributed by atoms with Gasteiger partial charge in [0.15, 0.2) is 5.16 Å². The first-order chi connectivity index (χ1) is 13.0. The number of anilines is 1. The Bertz CT molecular complexity index is 989. The number of fused-ring (bicyclic) bond motifs is 3. The van der Waals surface area contributed by atoms with E-state index >= 15 is 0 Å².